The fourth-order valence-electron chi connectivity index (χ4n) is 1.24. The first-order valence-electron chi connectivity index (χ1n) is 4.69. The molecule has 0 fully saturated rings. The molecule has 0 aliphatic heterocycles. The van der Waals surface area contributed by atoms with Gasteiger partial charge in [-0.3, -0.25) is 9.59 Å². The molecule has 0 bridgehead atoms. The van der Waals surface area contributed by atoms with Crippen molar-refractivity contribution >= 4 is 17.4 Å². The van der Waals surface area contributed by atoms with Gasteiger partial charge >= 0.3 is 0 Å². The number of rotatable bonds is 4. The summed E-state index contributed by atoms with van der Waals surface area (Å²) in [4.78, 5) is 22.3. The predicted molar refractivity (Wildman–Crippen MR) is 59.0 cm³/mol. The van der Waals surface area contributed by atoms with Crippen LogP contribution in [0.3, 0.4) is 0 Å². The summed E-state index contributed by atoms with van der Waals surface area (Å²) in [6.07, 6.45) is 0. The standard InChI is InChI=1S/C11H14N2O2/c1-8(14)13-10-5-3-4-9(6-10)11(15)7-12-2/h3-6,12H,7H2,1-2H3,(H,13,14). The number of amides is 1. The highest BCUT2D eigenvalue weighted by molar-refractivity contribution is 5.99. The van der Waals surface area contributed by atoms with E-state index in [0.717, 1.165) is 0 Å². The van der Waals surface area contributed by atoms with E-state index in [-0.39, 0.29) is 11.7 Å². The van der Waals surface area contributed by atoms with Gasteiger partial charge in [-0.1, -0.05) is 12.1 Å². The monoisotopic (exact) mass is 206 g/mol. The number of nitrogens with one attached hydrogen (secondary N) is 2. The van der Waals surface area contributed by atoms with E-state index in [1.807, 2.05) is 0 Å². The number of anilines is 1. The Morgan fingerprint density at radius 3 is 2.67 bits per heavy atom. The Morgan fingerprint density at radius 1 is 1.33 bits per heavy atom. The van der Waals surface area contributed by atoms with Crippen LogP contribution in [0.4, 0.5) is 5.69 Å². The molecule has 4 heteroatoms. The highest BCUT2D eigenvalue weighted by Crippen LogP contribution is 2.10. The molecule has 1 aromatic carbocycles. The van der Waals surface area contributed by atoms with Crippen LogP contribution >= 0.6 is 0 Å². The van der Waals surface area contributed by atoms with Gasteiger partial charge in [-0.25, -0.2) is 0 Å². The first-order valence-corrected chi connectivity index (χ1v) is 4.69. The highest BCUT2D eigenvalue weighted by atomic mass is 16.1. The van der Waals surface area contributed by atoms with Gasteiger partial charge in [-0.15, -0.1) is 0 Å². The smallest absolute Gasteiger partial charge is 0.221 e. The SMILES string of the molecule is CNCC(=O)c1cccc(NC(C)=O)c1. The fourth-order valence-corrected chi connectivity index (χ4v) is 1.24. The van der Waals surface area contributed by atoms with Crippen molar-refractivity contribution in [3.63, 3.8) is 0 Å². The summed E-state index contributed by atoms with van der Waals surface area (Å²) in [6.45, 7) is 1.73. The Labute approximate surface area is 88.7 Å². The summed E-state index contributed by atoms with van der Waals surface area (Å²) in [6, 6.07) is 6.89. The van der Waals surface area contributed by atoms with Crippen LogP contribution < -0.4 is 10.6 Å². The van der Waals surface area contributed by atoms with Crippen molar-refractivity contribution in [2.45, 2.75) is 6.92 Å². The summed E-state index contributed by atoms with van der Waals surface area (Å²) in [5.41, 5.74) is 1.24. The van der Waals surface area contributed by atoms with Crippen molar-refractivity contribution < 1.29 is 9.59 Å². The molecule has 1 aromatic rings. The fraction of sp³-hybridized carbons (Fsp3) is 0.273. The predicted octanol–water partition coefficient (Wildman–Crippen LogP) is 1.05. The normalized spacial score (nSPS) is 9.73. The number of hydrogen-bond acceptors (Lipinski definition) is 3. The summed E-state index contributed by atoms with van der Waals surface area (Å²) < 4.78 is 0. The number of carbonyl (C=O) groups is 2. The molecule has 0 atom stereocenters. The molecule has 1 rings (SSSR count). The molecular formula is C11H14N2O2. The van der Waals surface area contributed by atoms with Crippen LogP contribution in [0, 0.1) is 0 Å². The van der Waals surface area contributed by atoms with E-state index in [0.29, 0.717) is 17.8 Å². The van der Waals surface area contributed by atoms with Crippen molar-refractivity contribution in [2.75, 3.05) is 18.9 Å². The van der Waals surface area contributed by atoms with E-state index in [9.17, 15) is 9.59 Å². The van der Waals surface area contributed by atoms with Crippen molar-refractivity contribution in [2.24, 2.45) is 0 Å². The molecule has 1 amide bonds. The molecule has 0 heterocycles. The van der Waals surface area contributed by atoms with Crippen LogP contribution in [0.1, 0.15) is 17.3 Å². The molecule has 4 nitrogen and oxygen atoms in total. The number of ketones is 1. The molecule has 0 aromatic heterocycles. The van der Waals surface area contributed by atoms with Crippen LogP contribution in [-0.2, 0) is 4.79 Å². The van der Waals surface area contributed by atoms with Crippen molar-refractivity contribution in [1.82, 2.24) is 5.32 Å². The number of Topliss-reactive ketones (excluding diaryl/α,β-unsaturated/α-hetero) is 1. The van der Waals surface area contributed by atoms with Crippen molar-refractivity contribution in [3.05, 3.63) is 29.8 Å². The second-order valence-electron chi connectivity index (χ2n) is 3.22. The topological polar surface area (TPSA) is 58.2 Å². The largest absolute Gasteiger partial charge is 0.326 e. The zero-order chi connectivity index (χ0) is 11.3. The van der Waals surface area contributed by atoms with Gasteiger partial charge in [-0.05, 0) is 19.2 Å². The van der Waals surface area contributed by atoms with Gasteiger partial charge in [-0.2, -0.15) is 0 Å². The number of likely N-dealkylation sites (N-methyl/N-ethyl adjacent to an activating group) is 1. The molecule has 0 spiro atoms. The Balaban J connectivity index is 2.82. The van der Waals surface area contributed by atoms with Gasteiger partial charge < -0.3 is 10.6 Å². The minimum Gasteiger partial charge on any atom is -0.326 e. The van der Waals surface area contributed by atoms with Gasteiger partial charge in [0.05, 0.1) is 6.54 Å². The number of carbonyl (C=O) groups excluding carboxylic acids is 2. The van der Waals surface area contributed by atoms with Gasteiger partial charge in [0.15, 0.2) is 5.78 Å². The molecular weight excluding hydrogens is 192 g/mol. The lowest BCUT2D eigenvalue weighted by molar-refractivity contribution is -0.114. The maximum Gasteiger partial charge on any atom is 0.221 e. The lowest BCUT2D eigenvalue weighted by Gasteiger charge is -2.04. The Bertz CT molecular complexity index is 375. The van der Waals surface area contributed by atoms with E-state index >= 15 is 0 Å². The minimum atomic E-state index is -0.145. The second kappa shape index (κ2) is 5.26. The number of hydrogen-bond donors (Lipinski definition) is 2. The van der Waals surface area contributed by atoms with E-state index in [4.69, 9.17) is 0 Å². The molecule has 15 heavy (non-hydrogen) atoms. The van der Waals surface area contributed by atoms with Gasteiger partial charge in [0.2, 0.25) is 5.91 Å². The molecule has 0 saturated heterocycles. The molecule has 0 aliphatic rings. The molecule has 2 N–H and O–H groups in total. The maximum atomic E-state index is 11.5. The number of benzene rings is 1. The summed E-state index contributed by atoms with van der Waals surface area (Å²) in [5.74, 6) is -0.141. The lowest BCUT2D eigenvalue weighted by atomic mass is 10.1. The average molecular weight is 206 g/mol. The Morgan fingerprint density at radius 2 is 2.07 bits per heavy atom. The molecule has 0 unspecified atom stereocenters. The third kappa shape index (κ3) is 3.52. The van der Waals surface area contributed by atoms with Crippen molar-refractivity contribution in [3.8, 4) is 0 Å². The summed E-state index contributed by atoms with van der Waals surface area (Å²) in [7, 11) is 1.72. The van der Waals surface area contributed by atoms with Crippen LogP contribution in [0.5, 0.6) is 0 Å². The lowest BCUT2D eigenvalue weighted by Crippen LogP contribution is -2.18. The highest BCUT2D eigenvalue weighted by Gasteiger charge is 2.05. The minimum absolute atomic E-state index is 0.00435. The molecule has 0 aliphatic carbocycles. The average Bonchev–Trinajstić information content (AvgIpc) is 2.17. The second-order valence-corrected chi connectivity index (χ2v) is 3.22. The zero-order valence-corrected chi connectivity index (χ0v) is 8.83. The van der Waals surface area contributed by atoms with Crippen LogP contribution in [0.25, 0.3) is 0 Å². The van der Waals surface area contributed by atoms with Crippen LogP contribution in [-0.4, -0.2) is 25.3 Å². The van der Waals surface area contributed by atoms with Crippen LogP contribution in [0.2, 0.25) is 0 Å². The van der Waals surface area contributed by atoms with E-state index in [1.165, 1.54) is 6.92 Å². The third-order valence-electron chi connectivity index (χ3n) is 1.84. The molecule has 80 valence electrons. The van der Waals surface area contributed by atoms with Gasteiger partial charge in [0.25, 0.3) is 0 Å². The van der Waals surface area contributed by atoms with Crippen LogP contribution in [0.15, 0.2) is 24.3 Å². The first-order chi connectivity index (χ1) is 7.13. The Kier molecular flexibility index (Phi) is 4.00. The Hall–Kier alpha value is -1.68. The molecule has 0 radical (unpaired) electrons. The van der Waals surface area contributed by atoms with E-state index in [2.05, 4.69) is 10.6 Å². The van der Waals surface area contributed by atoms with Gasteiger partial charge in [0.1, 0.15) is 0 Å². The maximum absolute atomic E-state index is 11.5. The third-order valence-corrected chi connectivity index (χ3v) is 1.84. The molecule has 0 saturated carbocycles. The van der Waals surface area contributed by atoms with E-state index < -0.39 is 0 Å². The van der Waals surface area contributed by atoms with E-state index in [1.54, 1.807) is 31.3 Å². The summed E-state index contributed by atoms with van der Waals surface area (Å²) >= 11 is 0. The summed E-state index contributed by atoms with van der Waals surface area (Å²) in [5, 5.41) is 5.42. The first kappa shape index (κ1) is 11.4. The van der Waals surface area contributed by atoms with Crippen molar-refractivity contribution in [1.29, 1.82) is 0 Å². The quantitative estimate of drug-likeness (QED) is 0.724. The zero-order valence-electron chi connectivity index (χ0n) is 8.83. The van der Waals surface area contributed by atoms with Gasteiger partial charge in [0, 0.05) is 18.2 Å².